The Labute approximate surface area is 108 Å². The Morgan fingerprint density at radius 2 is 1.94 bits per heavy atom. The average molecular weight is 271 g/mol. The molecule has 1 aromatic rings. The number of fused-ring (bicyclic) bond motifs is 1. The summed E-state index contributed by atoms with van der Waals surface area (Å²) in [5.41, 5.74) is 0.499. The van der Waals surface area contributed by atoms with E-state index in [9.17, 15) is 9.59 Å². The number of carbonyl (C=O) groups is 2. The number of anilines is 1. The molecule has 2 rings (SSSR count). The Morgan fingerprint density at radius 3 is 2.67 bits per heavy atom. The van der Waals surface area contributed by atoms with Gasteiger partial charge < -0.3 is 14.8 Å². The van der Waals surface area contributed by atoms with Gasteiger partial charge in [0, 0.05) is 11.8 Å². The molecule has 3 amide bonds. The number of halogens is 1. The summed E-state index contributed by atoms with van der Waals surface area (Å²) in [6.07, 6.45) is 0. The molecule has 0 bridgehead atoms. The van der Waals surface area contributed by atoms with E-state index in [-0.39, 0.29) is 5.88 Å². The van der Waals surface area contributed by atoms with E-state index in [2.05, 4.69) is 10.6 Å². The van der Waals surface area contributed by atoms with Crippen LogP contribution in [0.25, 0.3) is 0 Å². The molecule has 0 fully saturated rings. The van der Waals surface area contributed by atoms with Crippen LogP contribution in [0.2, 0.25) is 0 Å². The van der Waals surface area contributed by atoms with Crippen molar-refractivity contribution in [1.29, 1.82) is 0 Å². The van der Waals surface area contributed by atoms with Gasteiger partial charge in [0.25, 0.3) is 0 Å². The first-order valence-corrected chi connectivity index (χ1v) is 5.79. The standard InChI is InChI=1S/C11H11ClN2O4/c12-6-10(15)14-11(16)13-7-1-2-8-9(5-7)18-4-3-17-8/h1-2,5H,3-4,6H2,(H2,13,14,15,16). The van der Waals surface area contributed by atoms with Crippen LogP contribution in [0.5, 0.6) is 11.5 Å². The zero-order valence-electron chi connectivity index (χ0n) is 9.36. The van der Waals surface area contributed by atoms with E-state index in [1.165, 1.54) is 0 Å². The Kier molecular flexibility index (Phi) is 3.88. The van der Waals surface area contributed by atoms with Gasteiger partial charge in [-0.1, -0.05) is 0 Å². The molecule has 0 atom stereocenters. The van der Waals surface area contributed by atoms with Gasteiger partial charge in [-0.15, -0.1) is 11.6 Å². The first-order valence-electron chi connectivity index (χ1n) is 5.25. The van der Waals surface area contributed by atoms with Crippen molar-refractivity contribution >= 4 is 29.2 Å². The van der Waals surface area contributed by atoms with Crippen LogP contribution in [-0.2, 0) is 4.79 Å². The predicted molar refractivity (Wildman–Crippen MR) is 65.3 cm³/mol. The third kappa shape index (κ3) is 3.04. The highest BCUT2D eigenvalue weighted by atomic mass is 35.5. The van der Waals surface area contributed by atoms with Gasteiger partial charge in [-0.05, 0) is 12.1 Å². The van der Waals surface area contributed by atoms with Gasteiger partial charge in [0.15, 0.2) is 11.5 Å². The molecule has 18 heavy (non-hydrogen) atoms. The summed E-state index contributed by atoms with van der Waals surface area (Å²) in [5, 5.41) is 4.56. The summed E-state index contributed by atoms with van der Waals surface area (Å²) in [6.45, 7) is 0.970. The molecule has 0 radical (unpaired) electrons. The molecule has 0 unspecified atom stereocenters. The van der Waals surface area contributed by atoms with Gasteiger partial charge in [-0.2, -0.15) is 0 Å². The van der Waals surface area contributed by atoms with E-state index < -0.39 is 11.9 Å². The SMILES string of the molecule is O=C(CCl)NC(=O)Nc1ccc2c(c1)OCCO2. The Bertz CT molecular complexity index is 478. The van der Waals surface area contributed by atoms with Crippen LogP contribution in [0.1, 0.15) is 0 Å². The van der Waals surface area contributed by atoms with Gasteiger partial charge in [-0.25, -0.2) is 4.79 Å². The van der Waals surface area contributed by atoms with Crippen molar-refractivity contribution in [3.8, 4) is 11.5 Å². The van der Waals surface area contributed by atoms with Gasteiger partial charge in [0.2, 0.25) is 5.91 Å². The quantitative estimate of drug-likeness (QED) is 0.795. The molecule has 6 nitrogen and oxygen atoms in total. The normalized spacial score (nSPS) is 12.7. The molecule has 7 heteroatoms. The van der Waals surface area contributed by atoms with Crippen molar-refractivity contribution in [1.82, 2.24) is 5.32 Å². The first kappa shape index (κ1) is 12.5. The number of benzene rings is 1. The van der Waals surface area contributed by atoms with Crippen LogP contribution >= 0.6 is 11.6 Å². The van der Waals surface area contributed by atoms with Crippen molar-refractivity contribution in [2.75, 3.05) is 24.4 Å². The predicted octanol–water partition coefficient (Wildman–Crippen LogP) is 1.34. The van der Waals surface area contributed by atoms with E-state index in [4.69, 9.17) is 21.1 Å². The molecule has 1 heterocycles. The number of urea groups is 1. The third-order valence-electron chi connectivity index (χ3n) is 2.17. The molecule has 0 aliphatic carbocycles. The number of hydrogen-bond donors (Lipinski definition) is 2. The van der Waals surface area contributed by atoms with Crippen molar-refractivity contribution in [3.63, 3.8) is 0 Å². The number of amides is 3. The molecule has 1 aromatic carbocycles. The molecule has 0 aromatic heterocycles. The lowest BCUT2D eigenvalue weighted by molar-refractivity contribution is -0.117. The first-order chi connectivity index (χ1) is 8.69. The van der Waals surface area contributed by atoms with E-state index in [0.717, 1.165) is 0 Å². The van der Waals surface area contributed by atoms with E-state index in [0.29, 0.717) is 30.4 Å². The number of imide groups is 1. The lowest BCUT2D eigenvalue weighted by Gasteiger charge is -2.18. The van der Waals surface area contributed by atoms with E-state index >= 15 is 0 Å². The largest absolute Gasteiger partial charge is 0.486 e. The summed E-state index contributed by atoms with van der Waals surface area (Å²) in [4.78, 5) is 22.3. The lowest BCUT2D eigenvalue weighted by atomic mass is 10.2. The molecule has 0 saturated carbocycles. The maximum Gasteiger partial charge on any atom is 0.325 e. The summed E-state index contributed by atoms with van der Waals surface area (Å²) < 4.78 is 10.7. The van der Waals surface area contributed by atoms with Crippen molar-refractivity contribution < 1.29 is 19.1 Å². The minimum absolute atomic E-state index is 0.269. The third-order valence-corrected chi connectivity index (χ3v) is 2.42. The number of ether oxygens (including phenoxy) is 2. The van der Waals surface area contributed by atoms with Crippen LogP contribution in [0.3, 0.4) is 0 Å². The Balaban J connectivity index is 2.01. The second kappa shape index (κ2) is 5.59. The highest BCUT2D eigenvalue weighted by Gasteiger charge is 2.13. The average Bonchev–Trinajstić information content (AvgIpc) is 2.38. The number of alkyl halides is 1. The molecular weight excluding hydrogens is 260 g/mol. The summed E-state index contributed by atoms with van der Waals surface area (Å²) in [5.74, 6) is 0.354. The number of hydrogen-bond acceptors (Lipinski definition) is 4. The zero-order valence-corrected chi connectivity index (χ0v) is 10.1. The zero-order chi connectivity index (χ0) is 13.0. The minimum atomic E-state index is -0.641. The molecule has 1 aliphatic rings. The fourth-order valence-electron chi connectivity index (χ4n) is 1.44. The minimum Gasteiger partial charge on any atom is -0.486 e. The molecule has 0 saturated heterocycles. The van der Waals surface area contributed by atoms with Gasteiger partial charge in [0.05, 0.1) is 0 Å². The van der Waals surface area contributed by atoms with Crippen LogP contribution in [0.15, 0.2) is 18.2 Å². The smallest absolute Gasteiger partial charge is 0.325 e. The van der Waals surface area contributed by atoms with Gasteiger partial charge in [-0.3, -0.25) is 10.1 Å². The van der Waals surface area contributed by atoms with Crippen LogP contribution in [0.4, 0.5) is 10.5 Å². The van der Waals surface area contributed by atoms with E-state index in [1.807, 2.05) is 0 Å². The van der Waals surface area contributed by atoms with Crippen molar-refractivity contribution in [2.24, 2.45) is 0 Å². The molecule has 0 spiro atoms. The maximum atomic E-state index is 11.4. The van der Waals surface area contributed by atoms with Crippen LogP contribution < -0.4 is 20.1 Å². The Morgan fingerprint density at radius 1 is 1.22 bits per heavy atom. The molecule has 1 aliphatic heterocycles. The maximum absolute atomic E-state index is 11.4. The fraction of sp³-hybridized carbons (Fsp3) is 0.273. The van der Waals surface area contributed by atoms with Gasteiger partial charge >= 0.3 is 6.03 Å². The van der Waals surface area contributed by atoms with Crippen molar-refractivity contribution in [2.45, 2.75) is 0 Å². The molecular formula is C11H11ClN2O4. The number of carbonyl (C=O) groups excluding carboxylic acids is 2. The summed E-state index contributed by atoms with van der Waals surface area (Å²) in [7, 11) is 0. The molecule has 96 valence electrons. The van der Waals surface area contributed by atoms with Crippen LogP contribution in [-0.4, -0.2) is 31.0 Å². The fourth-order valence-corrected chi connectivity index (χ4v) is 1.51. The van der Waals surface area contributed by atoms with Gasteiger partial charge in [0.1, 0.15) is 19.1 Å². The number of nitrogens with one attached hydrogen (secondary N) is 2. The Hall–Kier alpha value is -1.95. The highest BCUT2D eigenvalue weighted by molar-refractivity contribution is 6.28. The monoisotopic (exact) mass is 270 g/mol. The lowest BCUT2D eigenvalue weighted by Crippen LogP contribution is -2.35. The molecule has 2 N–H and O–H groups in total. The summed E-state index contributed by atoms with van der Waals surface area (Å²) >= 11 is 5.27. The second-order valence-electron chi connectivity index (χ2n) is 3.49. The van der Waals surface area contributed by atoms with Crippen molar-refractivity contribution in [3.05, 3.63) is 18.2 Å². The topological polar surface area (TPSA) is 76.7 Å². The number of rotatable bonds is 2. The summed E-state index contributed by atoms with van der Waals surface area (Å²) in [6, 6.07) is 4.32. The highest BCUT2D eigenvalue weighted by Crippen LogP contribution is 2.32. The second-order valence-corrected chi connectivity index (χ2v) is 3.76. The van der Waals surface area contributed by atoms with Crippen LogP contribution in [0, 0.1) is 0 Å². The van der Waals surface area contributed by atoms with E-state index in [1.54, 1.807) is 18.2 Å².